The van der Waals surface area contributed by atoms with Crippen molar-refractivity contribution in [2.24, 2.45) is 4.99 Å². The van der Waals surface area contributed by atoms with E-state index in [4.69, 9.17) is 10.1 Å². The highest BCUT2D eigenvalue weighted by Crippen LogP contribution is 2.21. The Balaban J connectivity index is 1.63. The van der Waals surface area contributed by atoms with E-state index in [0.29, 0.717) is 0 Å². The fraction of sp³-hybridized carbons (Fsp3) is 0.105. The summed E-state index contributed by atoms with van der Waals surface area (Å²) in [5, 5.41) is 9.83. The number of nitrogens with one attached hydrogen (secondary N) is 2. The predicted octanol–water partition coefficient (Wildman–Crippen LogP) is 2.28. The molecular weight excluding hydrogens is 302 g/mol. The van der Waals surface area contributed by atoms with Crippen molar-refractivity contribution in [3.63, 3.8) is 0 Å². The van der Waals surface area contributed by atoms with Crippen LogP contribution in [-0.4, -0.2) is 24.7 Å². The Bertz CT molecular complexity index is 848. The van der Waals surface area contributed by atoms with Gasteiger partial charge in [0.1, 0.15) is 6.54 Å². The molecule has 3 rings (SSSR count). The lowest BCUT2D eigenvalue weighted by Gasteiger charge is -2.05. The molecule has 1 unspecified atom stereocenters. The van der Waals surface area contributed by atoms with Crippen LogP contribution >= 0.6 is 0 Å². The van der Waals surface area contributed by atoms with Gasteiger partial charge in [0.25, 0.3) is 11.9 Å². The number of amides is 1. The van der Waals surface area contributed by atoms with E-state index < -0.39 is 6.10 Å². The molecular formula is C19H15N3O2. The lowest BCUT2D eigenvalue weighted by molar-refractivity contribution is -0.123. The van der Waals surface area contributed by atoms with Gasteiger partial charge in [-0.1, -0.05) is 54.3 Å². The number of hydrogen-bond acceptors (Lipinski definition) is 4. The molecule has 5 nitrogen and oxygen atoms in total. The molecule has 5 heteroatoms. The second-order valence-corrected chi connectivity index (χ2v) is 5.09. The monoisotopic (exact) mass is 317 g/mol. The predicted molar refractivity (Wildman–Crippen MR) is 91.9 cm³/mol. The topological polar surface area (TPSA) is 74.5 Å². The Morgan fingerprint density at radius 1 is 1.21 bits per heavy atom. The Morgan fingerprint density at radius 2 is 2.04 bits per heavy atom. The van der Waals surface area contributed by atoms with Gasteiger partial charge < -0.3 is 10.1 Å². The zero-order chi connectivity index (χ0) is 16.8. The molecule has 0 bridgehead atoms. The number of hydrogen-bond donors (Lipinski definition) is 2. The molecule has 0 aromatic heterocycles. The molecule has 118 valence electrons. The summed E-state index contributed by atoms with van der Waals surface area (Å²) < 4.78 is 5.54. The van der Waals surface area contributed by atoms with Gasteiger partial charge >= 0.3 is 0 Å². The summed E-state index contributed by atoms with van der Waals surface area (Å²) in [6, 6.07) is 16.8. The van der Waals surface area contributed by atoms with E-state index in [-0.39, 0.29) is 18.5 Å². The molecule has 1 aliphatic rings. The molecule has 2 aromatic rings. The average Bonchev–Trinajstić information content (AvgIpc) is 3.00. The molecule has 1 saturated heterocycles. The van der Waals surface area contributed by atoms with Gasteiger partial charge in [-0.2, -0.15) is 0 Å². The van der Waals surface area contributed by atoms with Gasteiger partial charge in [-0.3, -0.25) is 10.1 Å². The minimum Gasteiger partial charge on any atom is -0.447 e. The van der Waals surface area contributed by atoms with Crippen LogP contribution in [0.4, 0.5) is 0 Å². The van der Waals surface area contributed by atoms with Crippen molar-refractivity contribution in [1.82, 2.24) is 5.32 Å². The van der Waals surface area contributed by atoms with Crippen LogP contribution in [0.1, 0.15) is 22.8 Å². The maximum absolute atomic E-state index is 11.9. The first-order valence-electron chi connectivity index (χ1n) is 7.42. The number of nitrogens with zero attached hydrogens (tertiary/aromatic N) is 1. The Hall–Kier alpha value is -3.39. The van der Waals surface area contributed by atoms with Gasteiger partial charge in [-0.15, -0.1) is 0 Å². The molecule has 0 aliphatic carbocycles. The summed E-state index contributed by atoms with van der Waals surface area (Å²) in [4.78, 5) is 16.1. The zero-order valence-electron chi connectivity index (χ0n) is 12.8. The molecule has 2 N–H and O–H groups in total. The second-order valence-electron chi connectivity index (χ2n) is 5.09. The summed E-state index contributed by atoms with van der Waals surface area (Å²) >= 11 is 0. The fourth-order valence-corrected chi connectivity index (χ4v) is 2.25. The summed E-state index contributed by atoms with van der Waals surface area (Å²) in [6.45, 7) is 0.214. The molecule has 0 spiro atoms. The average molecular weight is 317 g/mol. The summed E-state index contributed by atoms with van der Waals surface area (Å²) in [6.07, 6.45) is 0.610. The standard InChI is InChI=1S/C19H15N3O2/c20-13-15-7-4-6-14(12-15)8-5-11-21-19-22-18(23)17(24-19)16-9-2-1-3-10-16/h1-4,6-7,9-10,12-13,17,20H,11H2,(H,21,22,23). The van der Waals surface area contributed by atoms with Crippen LogP contribution in [0.15, 0.2) is 59.6 Å². The molecule has 1 amide bonds. The number of aliphatic imine (C=N–C) groups is 1. The van der Waals surface area contributed by atoms with Crippen LogP contribution in [0.2, 0.25) is 0 Å². The molecule has 2 aromatic carbocycles. The van der Waals surface area contributed by atoms with Gasteiger partial charge in [0.2, 0.25) is 6.10 Å². The fourth-order valence-electron chi connectivity index (χ4n) is 2.25. The van der Waals surface area contributed by atoms with Crippen molar-refractivity contribution in [2.45, 2.75) is 6.10 Å². The van der Waals surface area contributed by atoms with Gasteiger partial charge in [-0.25, -0.2) is 4.99 Å². The number of ether oxygens (including phenoxy) is 1. The molecule has 24 heavy (non-hydrogen) atoms. The highest BCUT2D eigenvalue weighted by molar-refractivity contribution is 6.02. The zero-order valence-corrected chi connectivity index (χ0v) is 12.8. The maximum Gasteiger partial charge on any atom is 0.293 e. The largest absolute Gasteiger partial charge is 0.447 e. The Morgan fingerprint density at radius 3 is 2.83 bits per heavy atom. The summed E-state index contributed by atoms with van der Waals surface area (Å²) in [5.74, 6) is 5.64. The first-order valence-corrected chi connectivity index (χ1v) is 7.42. The minimum atomic E-state index is -0.665. The van der Waals surface area contributed by atoms with E-state index in [1.807, 2.05) is 54.6 Å². The number of benzene rings is 2. The van der Waals surface area contributed by atoms with E-state index in [2.05, 4.69) is 22.2 Å². The van der Waals surface area contributed by atoms with Crippen LogP contribution in [0.25, 0.3) is 0 Å². The van der Waals surface area contributed by atoms with Crippen LogP contribution in [-0.2, 0) is 9.53 Å². The summed E-state index contributed by atoms with van der Waals surface area (Å²) in [5.41, 5.74) is 2.40. The van der Waals surface area contributed by atoms with Crippen LogP contribution in [0.5, 0.6) is 0 Å². The highest BCUT2D eigenvalue weighted by atomic mass is 16.5. The lowest BCUT2D eigenvalue weighted by Crippen LogP contribution is -2.22. The van der Waals surface area contributed by atoms with Crippen molar-refractivity contribution >= 4 is 18.1 Å². The van der Waals surface area contributed by atoms with E-state index in [9.17, 15) is 4.79 Å². The van der Waals surface area contributed by atoms with E-state index in [1.54, 1.807) is 0 Å². The Kier molecular flexibility index (Phi) is 4.68. The first-order chi connectivity index (χ1) is 11.8. The third-order valence-electron chi connectivity index (χ3n) is 3.39. The number of carbonyl (C=O) groups is 1. The SMILES string of the molecule is N=Cc1cccc(C#CCN=C2NC(=O)C(c3ccccc3)O2)c1. The van der Waals surface area contributed by atoms with Crippen molar-refractivity contribution in [3.05, 3.63) is 71.3 Å². The van der Waals surface area contributed by atoms with Gasteiger partial charge in [0.15, 0.2) is 0 Å². The Labute approximate surface area is 139 Å². The molecule has 1 aliphatic heterocycles. The van der Waals surface area contributed by atoms with E-state index in [0.717, 1.165) is 16.7 Å². The summed E-state index contributed by atoms with van der Waals surface area (Å²) in [7, 11) is 0. The lowest BCUT2D eigenvalue weighted by atomic mass is 10.1. The van der Waals surface area contributed by atoms with Crippen molar-refractivity contribution in [2.75, 3.05) is 6.54 Å². The second kappa shape index (κ2) is 7.25. The molecule has 0 saturated carbocycles. The van der Waals surface area contributed by atoms with E-state index in [1.165, 1.54) is 6.21 Å². The van der Waals surface area contributed by atoms with Gasteiger partial charge in [0.05, 0.1) is 0 Å². The third-order valence-corrected chi connectivity index (χ3v) is 3.39. The number of rotatable bonds is 3. The first kappa shape index (κ1) is 15.5. The number of amidine groups is 1. The minimum absolute atomic E-state index is 0.191. The van der Waals surface area contributed by atoms with Crippen molar-refractivity contribution in [1.29, 1.82) is 5.41 Å². The number of carbonyl (C=O) groups excluding carboxylic acids is 1. The van der Waals surface area contributed by atoms with Gasteiger partial charge in [0, 0.05) is 17.3 Å². The normalized spacial score (nSPS) is 17.6. The van der Waals surface area contributed by atoms with Crippen molar-refractivity contribution < 1.29 is 9.53 Å². The van der Waals surface area contributed by atoms with Crippen LogP contribution < -0.4 is 5.32 Å². The molecule has 1 atom stereocenters. The maximum atomic E-state index is 11.9. The van der Waals surface area contributed by atoms with E-state index >= 15 is 0 Å². The quantitative estimate of drug-likeness (QED) is 0.673. The molecule has 0 radical (unpaired) electrons. The smallest absolute Gasteiger partial charge is 0.293 e. The van der Waals surface area contributed by atoms with Crippen LogP contribution in [0, 0.1) is 17.3 Å². The van der Waals surface area contributed by atoms with Crippen LogP contribution in [0.3, 0.4) is 0 Å². The molecule has 1 heterocycles. The third kappa shape index (κ3) is 3.68. The van der Waals surface area contributed by atoms with Gasteiger partial charge in [-0.05, 0) is 17.7 Å². The highest BCUT2D eigenvalue weighted by Gasteiger charge is 2.31. The van der Waals surface area contributed by atoms with Crippen molar-refractivity contribution in [3.8, 4) is 11.8 Å². The molecule has 1 fully saturated rings.